The molecule has 3 N–H and O–H groups in total. The second-order valence-corrected chi connectivity index (χ2v) is 3.95. The smallest absolute Gasteiger partial charge is 0.258 e. The average Bonchev–Trinajstić information content (AvgIpc) is 2.18. The van der Waals surface area contributed by atoms with Crippen molar-refractivity contribution in [3.8, 4) is 0 Å². The molecule has 1 aromatic rings. The highest BCUT2D eigenvalue weighted by Crippen LogP contribution is 2.16. The second-order valence-electron chi connectivity index (χ2n) is 2.41. The van der Waals surface area contributed by atoms with Crippen LogP contribution in [0, 0.1) is 10.1 Å². The largest absolute Gasteiger partial charge is 0.314 e. The Labute approximate surface area is 84.8 Å². The van der Waals surface area contributed by atoms with Crippen molar-refractivity contribution in [3.05, 3.63) is 34.4 Å². The fraction of sp³-hybridized carbons (Fsp3) is 0. The SMILES string of the molecule is NNOS(=O)(=O)c1ccc([N+](=O)[O-])cc1. The Balaban J connectivity index is 3.04. The van der Waals surface area contributed by atoms with Gasteiger partial charge in [0.1, 0.15) is 0 Å². The molecule has 9 heteroatoms. The molecule has 0 aromatic heterocycles. The van der Waals surface area contributed by atoms with Gasteiger partial charge in [-0.05, 0) is 12.1 Å². The summed E-state index contributed by atoms with van der Waals surface area (Å²) in [4.78, 5) is 9.41. The van der Waals surface area contributed by atoms with Crippen molar-refractivity contribution < 1.29 is 17.6 Å². The molecule has 8 nitrogen and oxygen atoms in total. The second kappa shape index (κ2) is 4.31. The van der Waals surface area contributed by atoms with Crippen LogP contribution in [0.15, 0.2) is 29.2 Å². The molecule has 0 aliphatic carbocycles. The molecule has 0 amide bonds. The standard InChI is InChI=1S/C6H7N3O5S/c7-8-14-15(12,13)6-3-1-5(2-4-6)9(10)11/h1-4,8H,7H2. The predicted molar refractivity (Wildman–Crippen MR) is 48.7 cm³/mol. The van der Waals surface area contributed by atoms with Crippen LogP contribution in [0.2, 0.25) is 0 Å². The van der Waals surface area contributed by atoms with E-state index in [0.29, 0.717) is 0 Å². The highest BCUT2D eigenvalue weighted by Gasteiger charge is 2.16. The van der Waals surface area contributed by atoms with E-state index in [1.54, 1.807) is 0 Å². The summed E-state index contributed by atoms with van der Waals surface area (Å²) in [6.07, 6.45) is 0. The monoisotopic (exact) mass is 233 g/mol. The van der Waals surface area contributed by atoms with Crippen LogP contribution in [0.3, 0.4) is 0 Å². The Morgan fingerprint density at radius 1 is 1.33 bits per heavy atom. The molecule has 0 spiro atoms. The molecular formula is C6H7N3O5S. The lowest BCUT2D eigenvalue weighted by Gasteiger charge is -2.01. The fourth-order valence-corrected chi connectivity index (χ4v) is 1.54. The summed E-state index contributed by atoms with van der Waals surface area (Å²) in [5.41, 5.74) is 1.31. The zero-order valence-corrected chi connectivity index (χ0v) is 8.10. The lowest BCUT2D eigenvalue weighted by Crippen LogP contribution is -2.26. The summed E-state index contributed by atoms with van der Waals surface area (Å²) in [7, 11) is -4.01. The molecule has 0 aliphatic heterocycles. The van der Waals surface area contributed by atoms with Gasteiger partial charge < -0.3 is 0 Å². The first-order valence-electron chi connectivity index (χ1n) is 3.61. The van der Waals surface area contributed by atoms with Crippen molar-refractivity contribution in [1.82, 2.24) is 5.59 Å². The fourth-order valence-electron chi connectivity index (χ4n) is 0.846. The summed E-state index contributed by atoms with van der Waals surface area (Å²) in [5.74, 6) is 4.67. The maximum absolute atomic E-state index is 11.2. The molecule has 82 valence electrons. The first kappa shape index (κ1) is 11.5. The average molecular weight is 233 g/mol. The third kappa shape index (κ3) is 2.70. The van der Waals surface area contributed by atoms with Gasteiger partial charge in [-0.1, -0.05) is 0 Å². The number of nitrogens with one attached hydrogen (secondary N) is 1. The highest BCUT2D eigenvalue weighted by atomic mass is 32.2. The zero-order valence-electron chi connectivity index (χ0n) is 7.28. The summed E-state index contributed by atoms with van der Waals surface area (Å²) >= 11 is 0. The number of nitrogens with two attached hydrogens (primary N) is 1. The number of nitro groups is 1. The van der Waals surface area contributed by atoms with Crippen molar-refractivity contribution in [1.29, 1.82) is 0 Å². The molecule has 0 bridgehead atoms. The number of nitro benzene ring substituents is 1. The molecule has 0 fully saturated rings. The molecule has 0 unspecified atom stereocenters. The molecule has 0 saturated heterocycles. The Morgan fingerprint density at radius 3 is 2.27 bits per heavy atom. The summed E-state index contributed by atoms with van der Waals surface area (Å²) in [6.45, 7) is 0. The maximum atomic E-state index is 11.2. The van der Waals surface area contributed by atoms with Crippen LogP contribution >= 0.6 is 0 Å². The van der Waals surface area contributed by atoms with Crippen LogP contribution in [0.25, 0.3) is 0 Å². The van der Waals surface area contributed by atoms with Crippen LogP contribution in [0.5, 0.6) is 0 Å². The first-order chi connectivity index (χ1) is 6.97. The number of hydrazine groups is 1. The van der Waals surface area contributed by atoms with E-state index in [2.05, 4.69) is 10.1 Å². The lowest BCUT2D eigenvalue weighted by molar-refractivity contribution is -0.384. The third-order valence-corrected chi connectivity index (χ3v) is 2.66. The number of hydrogen-bond acceptors (Lipinski definition) is 7. The molecule has 0 saturated carbocycles. The number of rotatable bonds is 4. The van der Waals surface area contributed by atoms with E-state index in [9.17, 15) is 18.5 Å². The van der Waals surface area contributed by atoms with Gasteiger partial charge in [0.15, 0.2) is 0 Å². The Bertz CT molecular complexity index is 454. The third-order valence-electron chi connectivity index (χ3n) is 1.49. The number of hydrogen-bond donors (Lipinski definition) is 2. The quantitative estimate of drug-likeness (QED) is 0.414. The minimum atomic E-state index is -4.01. The zero-order chi connectivity index (χ0) is 11.5. The van der Waals surface area contributed by atoms with Crippen molar-refractivity contribution >= 4 is 15.8 Å². The molecule has 0 aliphatic rings. The Morgan fingerprint density at radius 2 is 1.87 bits per heavy atom. The minimum Gasteiger partial charge on any atom is -0.258 e. The molecule has 1 aromatic carbocycles. The lowest BCUT2D eigenvalue weighted by atomic mass is 10.3. The van der Waals surface area contributed by atoms with Crippen molar-refractivity contribution in [3.63, 3.8) is 0 Å². The molecule has 0 radical (unpaired) electrons. The van der Waals surface area contributed by atoms with Crippen LogP contribution in [0.1, 0.15) is 0 Å². The van der Waals surface area contributed by atoms with Gasteiger partial charge in [-0.15, -0.1) is 5.59 Å². The van der Waals surface area contributed by atoms with E-state index in [4.69, 9.17) is 0 Å². The van der Waals surface area contributed by atoms with Crippen molar-refractivity contribution in [2.24, 2.45) is 5.84 Å². The van der Waals surface area contributed by atoms with Crippen LogP contribution in [0.4, 0.5) is 5.69 Å². The topological polar surface area (TPSA) is 125 Å². The van der Waals surface area contributed by atoms with Gasteiger partial charge in [-0.3, -0.25) is 10.1 Å². The van der Waals surface area contributed by atoms with Gasteiger partial charge in [0.25, 0.3) is 5.69 Å². The molecule has 15 heavy (non-hydrogen) atoms. The maximum Gasteiger partial charge on any atom is 0.314 e. The minimum absolute atomic E-state index is 0.213. The van der Waals surface area contributed by atoms with E-state index in [1.165, 1.54) is 5.59 Å². The van der Waals surface area contributed by atoms with Gasteiger partial charge >= 0.3 is 10.1 Å². The van der Waals surface area contributed by atoms with Crippen LogP contribution < -0.4 is 11.4 Å². The Kier molecular flexibility index (Phi) is 3.31. The first-order valence-corrected chi connectivity index (χ1v) is 5.02. The van der Waals surface area contributed by atoms with Gasteiger partial charge in [0.2, 0.25) is 0 Å². The van der Waals surface area contributed by atoms with E-state index >= 15 is 0 Å². The normalized spacial score (nSPS) is 11.3. The number of non-ortho nitro benzene ring substituents is 1. The predicted octanol–water partition coefficient (Wildman–Crippen LogP) is -0.322. The van der Waals surface area contributed by atoms with Crippen molar-refractivity contribution in [2.75, 3.05) is 0 Å². The number of benzene rings is 1. The van der Waals surface area contributed by atoms with E-state index in [0.717, 1.165) is 24.3 Å². The van der Waals surface area contributed by atoms with Crippen LogP contribution in [-0.2, 0) is 14.4 Å². The molecule has 1 rings (SSSR count). The summed E-state index contributed by atoms with van der Waals surface area (Å²) in [5, 5.41) is 10.3. The van der Waals surface area contributed by atoms with Crippen LogP contribution in [-0.4, -0.2) is 13.3 Å². The summed E-state index contributed by atoms with van der Waals surface area (Å²) < 4.78 is 26.4. The van der Waals surface area contributed by atoms with Gasteiger partial charge in [0, 0.05) is 12.1 Å². The van der Waals surface area contributed by atoms with Gasteiger partial charge in [0.05, 0.1) is 9.82 Å². The van der Waals surface area contributed by atoms with Gasteiger partial charge in [-0.2, -0.15) is 12.7 Å². The van der Waals surface area contributed by atoms with E-state index in [-0.39, 0.29) is 10.6 Å². The van der Waals surface area contributed by atoms with E-state index < -0.39 is 15.0 Å². The van der Waals surface area contributed by atoms with Gasteiger partial charge in [-0.25, -0.2) is 5.84 Å². The number of nitrogens with zero attached hydrogens (tertiary/aromatic N) is 1. The summed E-state index contributed by atoms with van der Waals surface area (Å²) in [6, 6.07) is 4.19. The molecule has 0 heterocycles. The highest BCUT2D eigenvalue weighted by molar-refractivity contribution is 7.86. The molecule has 0 atom stereocenters. The molecular weight excluding hydrogens is 226 g/mol. The van der Waals surface area contributed by atoms with E-state index in [1.807, 2.05) is 0 Å². The van der Waals surface area contributed by atoms with Crippen molar-refractivity contribution in [2.45, 2.75) is 4.90 Å². The Hall–Kier alpha value is -1.55.